The Balaban J connectivity index is 1.71. The Hall–Kier alpha value is -2.00. The molecular formula is C22H18N2O2S4. The highest BCUT2D eigenvalue weighted by Gasteiger charge is 2.43. The third-order valence-corrected chi connectivity index (χ3v) is 8.12. The van der Waals surface area contributed by atoms with Crippen molar-refractivity contribution in [1.29, 1.82) is 0 Å². The van der Waals surface area contributed by atoms with Gasteiger partial charge in [-0.05, 0) is 74.2 Å². The first kappa shape index (κ1) is 21.2. The number of carbonyl (C=O) groups is 2. The minimum absolute atomic E-state index is 0.283. The van der Waals surface area contributed by atoms with Crippen LogP contribution in [0.5, 0.6) is 0 Å². The average Bonchev–Trinajstić information content (AvgIpc) is 3.15. The van der Waals surface area contributed by atoms with E-state index in [0.717, 1.165) is 45.8 Å². The number of thiocarbonyl (C=S) groups is 2. The summed E-state index contributed by atoms with van der Waals surface area (Å²) >= 11 is 13.3. The molecule has 152 valence electrons. The number of anilines is 2. The van der Waals surface area contributed by atoms with Crippen LogP contribution in [0.15, 0.2) is 46.2 Å². The van der Waals surface area contributed by atoms with Crippen LogP contribution < -0.4 is 9.80 Å². The van der Waals surface area contributed by atoms with E-state index in [4.69, 9.17) is 24.4 Å². The van der Waals surface area contributed by atoms with Gasteiger partial charge in [0.15, 0.2) is 8.64 Å². The molecule has 0 aliphatic carbocycles. The van der Waals surface area contributed by atoms with E-state index in [2.05, 4.69) is 0 Å². The van der Waals surface area contributed by atoms with Crippen molar-refractivity contribution in [2.45, 2.75) is 27.7 Å². The van der Waals surface area contributed by atoms with E-state index < -0.39 is 0 Å². The number of thioether (sulfide) groups is 2. The molecule has 0 radical (unpaired) electrons. The van der Waals surface area contributed by atoms with E-state index in [1.54, 1.807) is 0 Å². The fourth-order valence-corrected chi connectivity index (χ4v) is 5.94. The first-order chi connectivity index (χ1) is 14.2. The van der Waals surface area contributed by atoms with Gasteiger partial charge in [-0.1, -0.05) is 60.1 Å². The van der Waals surface area contributed by atoms with E-state index >= 15 is 0 Å². The van der Waals surface area contributed by atoms with Gasteiger partial charge in [0.1, 0.15) is 0 Å². The lowest BCUT2D eigenvalue weighted by Gasteiger charge is -2.16. The van der Waals surface area contributed by atoms with Crippen LogP contribution in [0, 0.1) is 27.7 Å². The molecule has 30 heavy (non-hydrogen) atoms. The van der Waals surface area contributed by atoms with Crippen molar-refractivity contribution in [1.82, 2.24) is 0 Å². The molecule has 2 amide bonds. The maximum Gasteiger partial charge on any atom is 0.272 e. The van der Waals surface area contributed by atoms with Gasteiger partial charge in [-0.3, -0.25) is 19.4 Å². The summed E-state index contributed by atoms with van der Waals surface area (Å²) in [6, 6.07) is 11.5. The molecule has 4 nitrogen and oxygen atoms in total. The normalized spacial score (nSPS) is 19.5. The first-order valence-electron chi connectivity index (χ1n) is 9.20. The number of benzene rings is 2. The first-order valence-corrected chi connectivity index (χ1v) is 11.7. The summed E-state index contributed by atoms with van der Waals surface area (Å²) in [4.78, 5) is 30.1. The summed E-state index contributed by atoms with van der Waals surface area (Å²) < 4.78 is 0.824. The highest BCUT2D eigenvalue weighted by atomic mass is 32.2. The lowest BCUT2D eigenvalue weighted by Crippen LogP contribution is -2.29. The average molecular weight is 471 g/mol. The molecule has 2 aliphatic heterocycles. The third kappa shape index (κ3) is 3.51. The number of hydrogen-bond acceptors (Lipinski definition) is 6. The Labute approximate surface area is 194 Å². The van der Waals surface area contributed by atoms with Crippen molar-refractivity contribution >= 4 is 79.8 Å². The van der Waals surface area contributed by atoms with Crippen LogP contribution in [-0.4, -0.2) is 20.5 Å². The van der Waals surface area contributed by atoms with Crippen LogP contribution in [-0.2, 0) is 9.59 Å². The molecule has 2 aromatic rings. The SMILES string of the molecule is Cc1ccc(N2C(=O)/C(=C3\SC(=S)N(c4ccc(C)c(C)c4)C3=O)SC2=S)cc1C. The zero-order valence-electron chi connectivity index (χ0n) is 16.8. The van der Waals surface area contributed by atoms with Crippen molar-refractivity contribution < 1.29 is 9.59 Å². The van der Waals surface area contributed by atoms with E-state index in [9.17, 15) is 9.59 Å². The second-order valence-electron chi connectivity index (χ2n) is 7.21. The number of carbonyl (C=O) groups excluding carboxylic acids is 2. The van der Waals surface area contributed by atoms with Gasteiger partial charge in [0.05, 0.1) is 21.2 Å². The maximum atomic E-state index is 13.2. The quantitative estimate of drug-likeness (QED) is 0.423. The molecule has 2 saturated heterocycles. The topological polar surface area (TPSA) is 40.6 Å². The Kier molecular flexibility index (Phi) is 5.61. The molecular weight excluding hydrogens is 453 g/mol. The highest BCUT2D eigenvalue weighted by molar-refractivity contribution is 8.30. The van der Waals surface area contributed by atoms with Crippen molar-refractivity contribution in [3.63, 3.8) is 0 Å². The second kappa shape index (κ2) is 7.92. The minimum atomic E-state index is -0.283. The van der Waals surface area contributed by atoms with E-state index in [1.165, 1.54) is 9.80 Å². The van der Waals surface area contributed by atoms with Gasteiger partial charge in [0, 0.05) is 0 Å². The summed E-state index contributed by atoms with van der Waals surface area (Å²) in [7, 11) is 0. The summed E-state index contributed by atoms with van der Waals surface area (Å²) in [5.41, 5.74) is 5.84. The molecule has 4 rings (SSSR count). The fourth-order valence-electron chi connectivity index (χ4n) is 3.18. The van der Waals surface area contributed by atoms with Crippen LogP contribution in [0.2, 0.25) is 0 Å². The number of aryl methyl sites for hydroxylation is 4. The van der Waals surface area contributed by atoms with Crippen molar-refractivity contribution in [3.05, 3.63) is 68.5 Å². The molecule has 2 fully saturated rings. The molecule has 0 N–H and O–H groups in total. The molecule has 0 aromatic heterocycles. The predicted octanol–water partition coefficient (Wildman–Crippen LogP) is 5.56. The van der Waals surface area contributed by atoms with Gasteiger partial charge in [-0.15, -0.1) is 0 Å². The van der Waals surface area contributed by atoms with Crippen LogP contribution in [0.4, 0.5) is 11.4 Å². The molecule has 0 saturated carbocycles. The number of amides is 2. The summed E-state index contributed by atoms with van der Waals surface area (Å²) in [6.07, 6.45) is 0. The third-order valence-electron chi connectivity index (χ3n) is 5.24. The van der Waals surface area contributed by atoms with E-state index in [1.807, 2.05) is 64.1 Å². The minimum Gasteiger partial charge on any atom is -0.268 e. The Morgan fingerprint density at radius 3 is 1.33 bits per heavy atom. The van der Waals surface area contributed by atoms with E-state index in [0.29, 0.717) is 29.8 Å². The van der Waals surface area contributed by atoms with Crippen LogP contribution >= 0.6 is 48.0 Å². The van der Waals surface area contributed by atoms with Crippen LogP contribution in [0.3, 0.4) is 0 Å². The lowest BCUT2D eigenvalue weighted by atomic mass is 10.1. The van der Waals surface area contributed by atoms with Crippen LogP contribution in [0.25, 0.3) is 0 Å². The van der Waals surface area contributed by atoms with Gasteiger partial charge in [0.25, 0.3) is 11.8 Å². The van der Waals surface area contributed by atoms with Gasteiger partial charge in [0.2, 0.25) is 0 Å². The number of nitrogens with zero attached hydrogens (tertiary/aromatic N) is 2. The van der Waals surface area contributed by atoms with Crippen molar-refractivity contribution in [2.24, 2.45) is 0 Å². The molecule has 0 bridgehead atoms. The van der Waals surface area contributed by atoms with Gasteiger partial charge in [-0.25, -0.2) is 0 Å². The highest BCUT2D eigenvalue weighted by Crippen LogP contribution is 2.44. The molecule has 2 aromatic carbocycles. The molecule has 8 heteroatoms. The van der Waals surface area contributed by atoms with Crippen molar-refractivity contribution in [3.8, 4) is 0 Å². The van der Waals surface area contributed by atoms with Gasteiger partial charge < -0.3 is 0 Å². The molecule has 0 unspecified atom stereocenters. The summed E-state index contributed by atoms with van der Waals surface area (Å²) in [6.45, 7) is 8.01. The largest absolute Gasteiger partial charge is 0.272 e. The molecule has 2 aliphatic rings. The van der Waals surface area contributed by atoms with Gasteiger partial charge >= 0.3 is 0 Å². The summed E-state index contributed by atoms with van der Waals surface area (Å²) in [5.74, 6) is -0.567. The molecule has 0 spiro atoms. The number of rotatable bonds is 2. The second-order valence-corrected chi connectivity index (χ2v) is 10.5. The lowest BCUT2D eigenvalue weighted by molar-refractivity contribution is -0.115. The summed E-state index contributed by atoms with van der Waals surface area (Å²) in [5, 5.41) is 0. The smallest absolute Gasteiger partial charge is 0.268 e. The Bertz CT molecular complexity index is 1090. The fraction of sp³-hybridized carbons (Fsp3) is 0.182. The maximum absolute atomic E-state index is 13.2. The van der Waals surface area contributed by atoms with Crippen molar-refractivity contribution in [2.75, 3.05) is 9.80 Å². The number of hydrogen-bond donors (Lipinski definition) is 0. The molecule has 0 atom stereocenters. The Morgan fingerprint density at radius 2 is 1.00 bits per heavy atom. The molecule has 2 heterocycles. The zero-order valence-corrected chi connectivity index (χ0v) is 20.1. The standard InChI is InChI=1S/C22H18N2O2S4/c1-11-5-7-15(9-13(11)3)23-19(25)17(29-21(23)27)18-20(26)24(22(28)30-18)16-8-6-12(2)14(4)10-16/h5-10H,1-4H3/b18-17+. The zero-order chi connectivity index (χ0) is 21.7. The van der Waals surface area contributed by atoms with Gasteiger partial charge in [-0.2, -0.15) is 0 Å². The monoisotopic (exact) mass is 470 g/mol. The Morgan fingerprint density at radius 1 is 0.633 bits per heavy atom. The predicted molar refractivity (Wildman–Crippen MR) is 134 cm³/mol. The van der Waals surface area contributed by atoms with E-state index in [-0.39, 0.29) is 11.8 Å². The van der Waals surface area contributed by atoms with Crippen LogP contribution in [0.1, 0.15) is 22.3 Å².